The van der Waals surface area contributed by atoms with Crippen molar-refractivity contribution in [2.75, 3.05) is 0 Å². The standard InChI is InChI=1S/C12H18N4O/c1-9-15-12(16-17-9)8-14-11-6-4-2-3-5-10(11)7-13/h10-11,14H,2-6,8H2,1H3. The van der Waals surface area contributed by atoms with E-state index in [1.165, 1.54) is 12.8 Å². The third-order valence-electron chi connectivity index (χ3n) is 3.27. The van der Waals surface area contributed by atoms with Crippen LogP contribution in [0, 0.1) is 24.2 Å². The lowest BCUT2D eigenvalue weighted by Gasteiger charge is -2.19. The lowest BCUT2D eigenvalue weighted by atomic mass is 9.96. The van der Waals surface area contributed by atoms with Crippen molar-refractivity contribution >= 4 is 0 Å². The van der Waals surface area contributed by atoms with E-state index in [1.807, 2.05) is 0 Å². The summed E-state index contributed by atoms with van der Waals surface area (Å²) in [5.41, 5.74) is 0. The molecule has 0 bridgehead atoms. The van der Waals surface area contributed by atoms with Gasteiger partial charge in [0.15, 0.2) is 5.82 Å². The predicted molar refractivity (Wildman–Crippen MR) is 61.9 cm³/mol. The zero-order valence-corrected chi connectivity index (χ0v) is 10.1. The number of aromatic nitrogens is 2. The van der Waals surface area contributed by atoms with E-state index >= 15 is 0 Å². The fraction of sp³-hybridized carbons (Fsp3) is 0.750. The first kappa shape index (κ1) is 12.1. The Balaban J connectivity index is 1.90. The molecule has 0 amide bonds. The first-order chi connectivity index (χ1) is 8.29. The number of rotatable bonds is 3. The van der Waals surface area contributed by atoms with E-state index in [0.717, 1.165) is 19.3 Å². The summed E-state index contributed by atoms with van der Waals surface area (Å²) in [7, 11) is 0. The van der Waals surface area contributed by atoms with Gasteiger partial charge in [0.1, 0.15) is 0 Å². The minimum Gasteiger partial charge on any atom is -0.340 e. The molecule has 5 heteroatoms. The van der Waals surface area contributed by atoms with Crippen LogP contribution in [-0.2, 0) is 6.54 Å². The lowest BCUT2D eigenvalue weighted by molar-refractivity contribution is 0.368. The average Bonchev–Trinajstić information content (AvgIpc) is 2.63. The van der Waals surface area contributed by atoms with Gasteiger partial charge in [-0.05, 0) is 12.8 Å². The van der Waals surface area contributed by atoms with Gasteiger partial charge in [0.05, 0.1) is 18.5 Å². The largest absolute Gasteiger partial charge is 0.340 e. The maximum Gasteiger partial charge on any atom is 0.223 e. The van der Waals surface area contributed by atoms with E-state index in [4.69, 9.17) is 9.78 Å². The molecule has 17 heavy (non-hydrogen) atoms. The Morgan fingerprint density at radius 2 is 2.24 bits per heavy atom. The van der Waals surface area contributed by atoms with Gasteiger partial charge in [0, 0.05) is 13.0 Å². The Hall–Kier alpha value is -1.41. The summed E-state index contributed by atoms with van der Waals surface area (Å²) in [4.78, 5) is 4.15. The Morgan fingerprint density at radius 1 is 1.41 bits per heavy atom. The third-order valence-corrected chi connectivity index (χ3v) is 3.27. The van der Waals surface area contributed by atoms with Crippen LogP contribution in [0.3, 0.4) is 0 Å². The number of nitrogens with zero attached hydrogens (tertiary/aromatic N) is 3. The van der Waals surface area contributed by atoms with Crippen molar-refractivity contribution in [1.29, 1.82) is 5.26 Å². The quantitative estimate of drug-likeness (QED) is 0.809. The lowest BCUT2D eigenvalue weighted by Crippen LogP contribution is -2.34. The van der Waals surface area contributed by atoms with Crippen molar-refractivity contribution in [3.8, 4) is 6.07 Å². The third kappa shape index (κ3) is 3.27. The normalized spacial score (nSPS) is 25.2. The summed E-state index contributed by atoms with van der Waals surface area (Å²) in [5, 5.41) is 16.4. The Bertz CT molecular complexity index is 395. The van der Waals surface area contributed by atoms with Gasteiger partial charge in [-0.1, -0.05) is 24.4 Å². The van der Waals surface area contributed by atoms with Crippen molar-refractivity contribution in [1.82, 2.24) is 15.5 Å². The van der Waals surface area contributed by atoms with Crippen molar-refractivity contribution in [3.05, 3.63) is 11.7 Å². The summed E-state index contributed by atoms with van der Waals surface area (Å²) in [6.45, 7) is 2.36. The van der Waals surface area contributed by atoms with Crippen molar-refractivity contribution < 1.29 is 4.52 Å². The summed E-state index contributed by atoms with van der Waals surface area (Å²) in [6, 6.07) is 2.67. The molecule has 5 nitrogen and oxygen atoms in total. The monoisotopic (exact) mass is 234 g/mol. The maximum atomic E-state index is 9.15. The van der Waals surface area contributed by atoms with Crippen molar-refractivity contribution in [2.45, 2.75) is 51.6 Å². The number of aryl methyl sites for hydroxylation is 1. The highest BCUT2D eigenvalue weighted by Crippen LogP contribution is 2.23. The van der Waals surface area contributed by atoms with Crippen LogP contribution < -0.4 is 5.32 Å². The second-order valence-electron chi connectivity index (χ2n) is 4.59. The fourth-order valence-corrected chi connectivity index (χ4v) is 2.34. The van der Waals surface area contributed by atoms with E-state index in [2.05, 4.69) is 21.5 Å². The number of hydrogen-bond donors (Lipinski definition) is 1. The van der Waals surface area contributed by atoms with Crippen LogP contribution in [0.15, 0.2) is 4.52 Å². The molecule has 0 radical (unpaired) electrons. The fourth-order valence-electron chi connectivity index (χ4n) is 2.34. The first-order valence-corrected chi connectivity index (χ1v) is 6.22. The molecular formula is C12H18N4O. The Morgan fingerprint density at radius 3 is 2.94 bits per heavy atom. The molecule has 1 aliphatic carbocycles. The minimum atomic E-state index is 0.116. The van der Waals surface area contributed by atoms with Gasteiger partial charge in [-0.25, -0.2) is 0 Å². The molecule has 1 fully saturated rings. The van der Waals surface area contributed by atoms with Crippen LogP contribution in [0.1, 0.15) is 43.8 Å². The second-order valence-corrected chi connectivity index (χ2v) is 4.59. The smallest absolute Gasteiger partial charge is 0.223 e. The topological polar surface area (TPSA) is 74.7 Å². The highest BCUT2D eigenvalue weighted by Gasteiger charge is 2.23. The van der Waals surface area contributed by atoms with Crippen molar-refractivity contribution in [3.63, 3.8) is 0 Å². The number of hydrogen-bond acceptors (Lipinski definition) is 5. The highest BCUT2D eigenvalue weighted by atomic mass is 16.5. The van der Waals surface area contributed by atoms with Gasteiger partial charge in [-0.2, -0.15) is 10.2 Å². The Labute approximate surface area is 101 Å². The van der Waals surface area contributed by atoms with E-state index in [0.29, 0.717) is 18.3 Å². The molecule has 0 aromatic carbocycles. The van der Waals surface area contributed by atoms with E-state index in [9.17, 15) is 0 Å². The molecule has 2 rings (SSSR count). The first-order valence-electron chi connectivity index (χ1n) is 6.22. The zero-order chi connectivity index (χ0) is 12.1. The van der Waals surface area contributed by atoms with Crippen molar-refractivity contribution in [2.24, 2.45) is 5.92 Å². The second kappa shape index (κ2) is 5.78. The molecule has 1 aliphatic rings. The molecule has 2 atom stereocenters. The summed E-state index contributed by atoms with van der Waals surface area (Å²) in [5.74, 6) is 1.37. The van der Waals surface area contributed by atoms with Gasteiger partial charge in [0.2, 0.25) is 5.89 Å². The molecule has 1 heterocycles. The van der Waals surface area contributed by atoms with E-state index in [-0.39, 0.29) is 12.0 Å². The minimum absolute atomic E-state index is 0.116. The van der Waals surface area contributed by atoms with Gasteiger partial charge < -0.3 is 9.84 Å². The maximum absolute atomic E-state index is 9.15. The van der Waals surface area contributed by atoms with Crippen LogP contribution in [0.5, 0.6) is 0 Å². The molecule has 0 aliphatic heterocycles. The number of nitrogens with one attached hydrogen (secondary N) is 1. The van der Waals surface area contributed by atoms with Crippen LogP contribution >= 0.6 is 0 Å². The molecule has 0 saturated heterocycles. The van der Waals surface area contributed by atoms with Gasteiger partial charge in [-0.15, -0.1) is 0 Å². The number of nitriles is 1. The zero-order valence-electron chi connectivity index (χ0n) is 10.1. The molecular weight excluding hydrogens is 216 g/mol. The van der Waals surface area contributed by atoms with Gasteiger partial charge in [0.25, 0.3) is 0 Å². The molecule has 1 saturated carbocycles. The molecule has 1 N–H and O–H groups in total. The molecule has 1 aromatic heterocycles. The highest BCUT2D eigenvalue weighted by molar-refractivity contribution is 4.94. The van der Waals surface area contributed by atoms with E-state index < -0.39 is 0 Å². The van der Waals surface area contributed by atoms with Crippen LogP contribution in [0.4, 0.5) is 0 Å². The predicted octanol–water partition coefficient (Wildman–Crippen LogP) is 1.94. The average molecular weight is 234 g/mol. The molecule has 2 unspecified atom stereocenters. The molecule has 1 aromatic rings. The summed E-state index contributed by atoms with van der Waals surface area (Å²) >= 11 is 0. The van der Waals surface area contributed by atoms with Crippen LogP contribution in [-0.4, -0.2) is 16.2 Å². The van der Waals surface area contributed by atoms with Crippen LogP contribution in [0.25, 0.3) is 0 Å². The summed E-state index contributed by atoms with van der Waals surface area (Å²) < 4.78 is 4.92. The van der Waals surface area contributed by atoms with Crippen LogP contribution in [0.2, 0.25) is 0 Å². The van der Waals surface area contributed by atoms with Gasteiger partial charge >= 0.3 is 0 Å². The molecule has 0 spiro atoms. The summed E-state index contributed by atoms with van der Waals surface area (Å²) in [6.07, 6.45) is 5.66. The van der Waals surface area contributed by atoms with Gasteiger partial charge in [-0.3, -0.25) is 0 Å². The Kier molecular flexibility index (Phi) is 4.10. The molecule has 92 valence electrons. The van der Waals surface area contributed by atoms with E-state index in [1.54, 1.807) is 6.92 Å². The SMILES string of the molecule is Cc1nc(CNC2CCCCCC2C#N)no1.